The zero-order valence-electron chi connectivity index (χ0n) is 10.9. The molecule has 0 aliphatic carbocycles. The van der Waals surface area contributed by atoms with Gasteiger partial charge in [0.05, 0.1) is 12.1 Å². The lowest BCUT2D eigenvalue weighted by atomic mass is 9.93. The van der Waals surface area contributed by atoms with Crippen LogP contribution in [0, 0.1) is 0 Å². The zero-order chi connectivity index (χ0) is 13.7. The van der Waals surface area contributed by atoms with Crippen LogP contribution in [0.4, 0.5) is 4.79 Å². The number of carbonyl (C=O) groups is 1. The van der Waals surface area contributed by atoms with Crippen LogP contribution in [0.15, 0.2) is 43.0 Å². The molecule has 2 rings (SSSR count). The highest BCUT2D eigenvalue weighted by molar-refractivity contribution is 5.72. The van der Waals surface area contributed by atoms with E-state index >= 15 is 0 Å². The minimum atomic E-state index is -0.548. The van der Waals surface area contributed by atoms with Crippen molar-refractivity contribution in [2.24, 2.45) is 0 Å². The van der Waals surface area contributed by atoms with Gasteiger partial charge in [0.25, 0.3) is 0 Å². The maximum absolute atomic E-state index is 12.2. The summed E-state index contributed by atoms with van der Waals surface area (Å²) in [7, 11) is 0. The molecule has 0 radical (unpaired) electrons. The van der Waals surface area contributed by atoms with Crippen LogP contribution >= 0.6 is 0 Å². The van der Waals surface area contributed by atoms with Crippen molar-refractivity contribution in [1.82, 2.24) is 4.90 Å². The van der Waals surface area contributed by atoms with Crippen LogP contribution in [0.2, 0.25) is 0 Å². The third-order valence-corrected chi connectivity index (χ3v) is 3.58. The molecule has 19 heavy (non-hydrogen) atoms. The Morgan fingerprint density at radius 2 is 2.21 bits per heavy atom. The van der Waals surface area contributed by atoms with E-state index in [1.165, 1.54) is 0 Å². The molecule has 4 nitrogen and oxygen atoms in total. The average molecular weight is 261 g/mol. The largest absolute Gasteiger partial charge is 0.415 e. The Labute approximate surface area is 113 Å². The highest BCUT2D eigenvalue weighted by Gasteiger charge is 2.43. The molecular formula is C15H19NO3. The summed E-state index contributed by atoms with van der Waals surface area (Å²) in [4.78, 5) is 13.8. The van der Waals surface area contributed by atoms with Crippen molar-refractivity contribution < 1.29 is 14.6 Å². The quantitative estimate of drug-likeness (QED) is 0.847. The standard InChI is InChI=1S/C15H19NO3/c1-2-9-15(12-17)10-6-11-16(15)14(18)19-13-7-4-3-5-8-13/h2-5,7-8,17H,1,6,9-12H2/t15-/m1/s1. The summed E-state index contributed by atoms with van der Waals surface area (Å²) in [5.41, 5.74) is -0.548. The molecule has 4 heteroatoms. The molecule has 1 heterocycles. The first-order valence-corrected chi connectivity index (χ1v) is 6.48. The summed E-state index contributed by atoms with van der Waals surface area (Å²) in [5.74, 6) is 0.518. The Morgan fingerprint density at radius 3 is 2.84 bits per heavy atom. The van der Waals surface area contributed by atoms with Crippen molar-refractivity contribution >= 4 is 6.09 Å². The van der Waals surface area contributed by atoms with Crippen LogP contribution in [-0.2, 0) is 0 Å². The summed E-state index contributed by atoms with van der Waals surface area (Å²) in [6, 6.07) is 8.97. The molecule has 0 aromatic heterocycles. The van der Waals surface area contributed by atoms with E-state index in [9.17, 15) is 9.90 Å². The Balaban J connectivity index is 2.11. The fourth-order valence-electron chi connectivity index (χ4n) is 2.58. The van der Waals surface area contributed by atoms with E-state index in [-0.39, 0.29) is 6.61 Å². The maximum atomic E-state index is 12.2. The van der Waals surface area contributed by atoms with Gasteiger partial charge in [-0.1, -0.05) is 24.3 Å². The summed E-state index contributed by atoms with van der Waals surface area (Å²) in [5, 5.41) is 9.64. The van der Waals surface area contributed by atoms with Crippen molar-refractivity contribution in [2.75, 3.05) is 13.2 Å². The molecule has 1 fully saturated rings. The Kier molecular flexibility index (Phi) is 4.22. The number of hydrogen-bond donors (Lipinski definition) is 1. The fraction of sp³-hybridized carbons (Fsp3) is 0.400. The van der Waals surface area contributed by atoms with E-state index in [1.807, 2.05) is 18.2 Å². The topological polar surface area (TPSA) is 49.8 Å². The van der Waals surface area contributed by atoms with Gasteiger partial charge in [0, 0.05) is 6.54 Å². The minimum Gasteiger partial charge on any atom is -0.410 e. The molecule has 1 aromatic rings. The van der Waals surface area contributed by atoms with Crippen LogP contribution in [-0.4, -0.2) is 34.8 Å². The Morgan fingerprint density at radius 1 is 1.47 bits per heavy atom. The van der Waals surface area contributed by atoms with Gasteiger partial charge in [-0.25, -0.2) is 4.79 Å². The highest BCUT2D eigenvalue weighted by Crippen LogP contribution is 2.33. The molecule has 1 aliphatic heterocycles. The molecule has 1 atom stereocenters. The molecular weight excluding hydrogens is 242 g/mol. The third-order valence-electron chi connectivity index (χ3n) is 3.58. The summed E-state index contributed by atoms with van der Waals surface area (Å²) in [6.07, 6.45) is 3.56. The summed E-state index contributed by atoms with van der Waals surface area (Å²) in [6.45, 7) is 4.25. The smallest absolute Gasteiger partial charge is 0.410 e. The van der Waals surface area contributed by atoms with Crippen molar-refractivity contribution in [3.8, 4) is 5.75 Å². The second-order valence-corrected chi connectivity index (χ2v) is 4.81. The molecule has 0 bridgehead atoms. The first-order valence-electron chi connectivity index (χ1n) is 6.48. The predicted octanol–water partition coefficient (Wildman–Crippen LogP) is 2.59. The number of para-hydroxylation sites is 1. The SMILES string of the molecule is C=CC[C@]1(CO)CCCN1C(=O)Oc1ccccc1. The number of rotatable bonds is 4. The second kappa shape index (κ2) is 5.89. The van der Waals surface area contributed by atoms with Gasteiger partial charge >= 0.3 is 6.09 Å². The molecule has 0 spiro atoms. The van der Waals surface area contributed by atoms with E-state index in [0.717, 1.165) is 12.8 Å². The summed E-state index contributed by atoms with van der Waals surface area (Å²) < 4.78 is 5.34. The minimum absolute atomic E-state index is 0.0666. The van der Waals surface area contributed by atoms with Crippen LogP contribution in [0.25, 0.3) is 0 Å². The number of aliphatic hydroxyl groups is 1. The molecule has 1 saturated heterocycles. The number of benzene rings is 1. The zero-order valence-corrected chi connectivity index (χ0v) is 10.9. The van der Waals surface area contributed by atoms with Crippen LogP contribution in [0.1, 0.15) is 19.3 Å². The lowest BCUT2D eigenvalue weighted by molar-refractivity contribution is 0.0655. The van der Waals surface area contributed by atoms with Gasteiger partial charge in [-0.3, -0.25) is 4.90 Å². The molecule has 0 saturated carbocycles. The average Bonchev–Trinajstić information content (AvgIpc) is 2.85. The molecule has 1 N–H and O–H groups in total. The number of carbonyl (C=O) groups excluding carboxylic acids is 1. The van der Waals surface area contributed by atoms with E-state index in [0.29, 0.717) is 18.7 Å². The monoisotopic (exact) mass is 261 g/mol. The number of ether oxygens (including phenoxy) is 1. The van der Waals surface area contributed by atoms with Crippen LogP contribution in [0.5, 0.6) is 5.75 Å². The lowest BCUT2D eigenvalue weighted by Crippen LogP contribution is -2.50. The maximum Gasteiger partial charge on any atom is 0.415 e. The van der Waals surface area contributed by atoms with Crippen LogP contribution < -0.4 is 4.74 Å². The predicted molar refractivity (Wildman–Crippen MR) is 73.0 cm³/mol. The molecule has 0 unspecified atom stereocenters. The van der Waals surface area contributed by atoms with E-state index < -0.39 is 11.6 Å². The number of hydrogen-bond acceptors (Lipinski definition) is 3. The number of amides is 1. The normalized spacial score (nSPS) is 22.3. The van der Waals surface area contributed by atoms with Crippen molar-refractivity contribution in [3.05, 3.63) is 43.0 Å². The summed E-state index contributed by atoms with van der Waals surface area (Å²) >= 11 is 0. The van der Waals surface area contributed by atoms with Gasteiger partial charge in [0.15, 0.2) is 0 Å². The van der Waals surface area contributed by atoms with E-state index in [4.69, 9.17) is 4.74 Å². The van der Waals surface area contributed by atoms with Crippen molar-refractivity contribution in [1.29, 1.82) is 0 Å². The first-order chi connectivity index (χ1) is 9.22. The van der Waals surface area contributed by atoms with E-state index in [1.54, 1.807) is 23.1 Å². The van der Waals surface area contributed by atoms with Crippen molar-refractivity contribution in [3.63, 3.8) is 0 Å². The lowest BCUT2D eigenvalue weighted by Gasteiger charge is -2.35. The van der Waals surface area contributed by atoms with Crippen molar-refractivity contribution in [2.45, 2.75) is 24.8 Å². The van der Waals surface area contributed by atoms with E-state index in [2.05, 4.69) is 6.58 Å². The number of aliphatic hydroxyl groups excluding tert-OH is 1. The van der Waals surface area contributed by atoms with Gasteiger partial charge in [-0.15, -0.1) is 6.58 Å². The second-order valence-electron chi connectivity index (χ2n) is 4.81. The van der Waals surface area contributed by atoms with Gasteiger partial charge in [-0.05, 0) is 31.4 Å². The highest BCUT2D eigenvalue weighted by atomic mass is 16.6. The van der Waals surface area contributed by atoms with Gasteiger partial charge < -0.3 is 9.84 Å². The molecule has 1 aromatic carbocycles. The molecule has 1 aliphatic rings. The number of nitrogens with zero attached hydrogens (tertiary/aromatic N) is 1. The van der Waals surface area contributed by atoms with Crippen LogP contribution in [0.3, 0.4) is 0 Å². The fourth-order valence-corrected chi connectivity index (χ4v) is 2.58. The third kappa shape index (κ3) is 2.79. The molecule has 102 valence electrons. The molecule has 1 amide bonds. The Hall–Kier alpha value is -1.81. The number of likely N-dealkylation sites (tertiary alicyclic amines) is 1. The van der Waals surface area contributed by atoms with Gasteiger partial charge in [-0.2, -0.15) is 0 Å². The van der Waals surface area contributed by atoms with Gasteiger partial charge in [0.2, 0.25) is 0 Å². The first kappa shape index (κ1) is 13.6. The van der Waals surface area contributed by atoms with Gasteiger partial charge in [0.1, 0.15) is 5.75 Å². The Bertz CT molecular complexity index is 446.